The van der Waals surface area contributed by atoms with Gasteiger partial charge in [-0.3, -0.25) is 9.98 Å². The number of hydrogen-bond acceptors (Lipinski definition) is 2. The first-order valence-electron chi connectivity index (χ1n) is 3.09. The van der Waals surface area contributed by atoms with Gasteiger partial charge in [-0.05, 0) is 6.08 Å². The van der Waals surface area contributed by atoms with E-state index >= 15 is 0 Å². The summed E-state index contributed by atoms with van der Waals surface area (Å²) in [4.78, 5) is 8.20. The molecule has 0 unspecified atom stereocenters. The predicted octanol–water partition coefficient (Wildman–Crippen LogP) is 1.40. The number of nitrogens with zero attached hydrogens (tertiary/aromatic N) is 2. The van der Waals surface area contributed by atoms with E-state index in [1.807, 2.05) is 0 Å². The van der Waals surface area contributed by atoms with Crippen molar-refractivity contribution in [2.24, 2.45) is 9.98 Å². The van der Waals surface area contributed by atoms with Gasteiger partial charge in [-0.15, -0.1) is 0 Å². The van der Waals surface area contributed by atoms with Crippen molar-refractivity contribution in [2.45, 2.75) is 12.1 Å². The van der Waals surface area contributed by atoms with E-state index < -0.39 is 5.66 Å². The Hall–Kier alpha value is -1.18. The lowest BCUT2D eigenvalue weighted by atomic mass is 10.1. The molecule has 2 heteroatoms. The minimum Gasteiger partial charge on any atom is -0.258 e. The summed E-state index contributed by atoms with van der Waals surface area (Å²) in [5.41, 5.74) is -0.491. The summed E-state index contributed by atoms with van der Waals surface area (Å²) >= 11 is 0. The van der Waals surface area contributed by atoms with E-state index in [0.29, 0.717) is 6.42 Å². The first kappa shape index (κ1) is 6.93. The molecule has 1 aliphatic rings. The van der Waals surface area contributed by atoms with Crippen LogP contribution in [0.25, 0.3) is 0 Å². The maximum Gasteiger partial charge on any atom is 0.172 e. The van der Waals surface area contributed by atoms with E-state index in [0.717, 1.165) is 0 Å². The van der Waals surface area contributed by atoms with E-state index in [1.54, 1.807) is 24.6 Å². The molecule has 0 saturated carbocycles. The topological polar surface area (TPSA) is 24.7 Å². The van der Waals surface area contributed by atoms with Crippen molar-refractivity contribution in [1.29, 1.82) is 0 Å². The van der Waals surface area contributed by atoms with Gasteiger partial charge in [0.05, 0.1) is 0 Å². The average molecular weight is 133 g/mol. The Kier molecular flexibility index (Phi) is 1.81. The molecule has 0 aromatic carbocycles. The highest BCUT2D eigenvalue weighted by molar-refractivity contribution is 6.17. The average Bonchev–Trinajstić information content (AvgIpc) is 2.39. The summed E-state index contributed by atoms with van der Waals surface area (Å²) < 4.78 is 0. The van der Waals surface area contributed by atoms with Crippen LogP contribution in [-0.4, -0.2) is 18.1 Å². The Balaban J connectivity index is 2.78. The molecule has 2 nitrogen and oxygen atoms in total. The van der Waals surface area contributed by atoms with Crippen LogP contribution in [0.3, 0.4) is 0 Å². The molecule has 0 bridgehead atoms. The van der Waals surface area contributed by atoms with Gasteiger partial charge >= 0.3 is 0 Å². The highest BCUT2D eigenvalue weighted by Crippen LogP contribution is 2.21. The third kappa shape index (κ3) is 1.05. The van der Waals surface area contributed by atoms with Crippen molar-refractivity contribution in [3.63, 3.8) is 0 Å². The first-order chi connectivity index (χ1) is 4.83. The number of aliphatic imine (C=N–C) groups is 2. The zero-order chi connectivity index (χ0) is 7.45. The SMILES string of the molecule is [CH]=CCC1(C=C)N=CC=N1. The minimum absolute atomic E-state index is 0.491. The van der Waals surface area contributed by atoms with Crippen LogP contribution in [0.4, 0.5) is 0 Å². The Morgan fingerprint density at radius 1 is 1.50 bits per heavy atom. The smallest absolute Gasteiger partial charge is 0.172 e. The zero-order valence-corrected chi connectivity index (χ0v) is 5.70. The lowest BCUT2D eigenvalue weighted by Gasteiger charge is -2.14. The zero-order valence-electron chi connectivity index (χ0n) is 5.70. The Labute approximate surface area is 60.7 Å². The van der Waals surface area contributed by atoms with E-state index in [2.05, 4.69) is 16.6 Å². The Morgan fingerprint density at radius 2 is 2.10 bits per heavy atom. The first-order valence-corrected chi connectivity index (χ1v) is 3.09. The maximum absolute atomic E-state index is 5.25. The lowest BCUT2D eigenvalue weighted by Crippen LogP contribution is -2.15. The number of hydrogen-bond donors (Lipinski definition) is 0. The van der Waals surface area contributed by atoms with Gasteiger partial charge in [-0.25, -0.2) is 0 Å². The molecule has 1 aliphatic heterocycles. The second kappa shape index (κ2) is 2.60. The van der Waals surface area contributed by atoms with Crippen molar-refractivity contribution in [2.75, 3.05) is 0 Å². The van der Waals surface area contributed by atoms with Crippen LogP contribution >= 0.6 is 0 Å². The van der Waals surface area contributed by atoms with Gasteiger partial charge < -0.3 is 0 Å². The molecule has 0 amide bonds. The molecule has 0 saturated heterocycles. The van der Waals surface area contributed by atoms with Gasteiger partial charge in [-0.2, -0.15) is 0 Å². The molecule has 0 aromatic rings. The largest absolute Gasteiger partial charge is 0.258 e. The van der Waals surface area contributed by atoms with E-state index in [4.69, 9.17) is 6.58 Å². The Bertz CT molecular complexity index is 189. The summed E-state index contributed by atoms with van der Waals surface area (Å²) in [6.07, 6.45) is 7.16. The van der Waals surface area contributed by atoms with Crippen molar-refractivity contribution < 1.29 is 0 Å². The fourth-order valence-corrected chi connectivity index (χ4v) is 0.826. The molecule has 1 rings (SSSR count). The molecule has 0 atom stereocenters. The maximum atomic E-state index is 5.25. The number of rotatable bonds is 3. The molecule has 1 heterocycles. The van der Waals surface area contributed by atoms with E-state index in [9.17, 15) is 0 Å². The standard InChI is InChI=1S/C8H9N2/c1-3-5-8(4-2)9-6-7-10-8/h1,3-4,6-7H,2,5H2. The van der Waals surface area contributed by atoms with Gasteiger partial charge in [-0.1, -0.05) is 19.2 Å². The third-order valence-electron chi connectivity index (χ3n) is 1.41. The van der Waals surface area contributed by atoms with Gasteiger partial charge in [0.25, 0.3) is 0 Å². The predicted molar refractivity (Wildman–Crippen MR) is 43.4 cm³/mol. The lowest BCUT2D eigenvalue weighted by molar-refractivity contribution is 0.585. The molecule has 0 aliphatic carbocycles. The van der Waals surface area contributed by atoms with Crippen molar-refractivity contribution in [3.05, 3.63) is 25.3 Å². The monoisotopic (exact) mass is 133 g/mol. The molecule has 1 radical (unpaired) electrons. The van der Waals surface area contributed by atoms with Crippen LogP contribution in [0.1, 0.15) is 6.42 Å². The molecular weight excluding hydrogens is 124 g/mol. The highest BCUT2D eigenvalue weighted by atomic mass is 15.1. The van der Waals surface area contributed by atoms with Crippen molar-refractivity contribution in [1.82, 2.24) is 0 Å². The minimum atomic E-state index is -0.491. The van der Waals surface area contributed by atoms with Crippen LogP contribution in [-0.2, 0) is 0 Å². The fraction of sp³-hybridized carbons (Fsp3) is 0.250. The summed E-state index contributed by atoms with van der Waals surface area (Å²) in [7, 11) is 0. The van der Waals surface area contributed by atoms with Crippen molar-refractivity contribution in [3.8, 4) is 0 Å². The van der Waals surface area contributed by atoms with Gasteiger partial charge in [0.2, 0.25) is 0 Å². The molecule has 0 spiro atoms. The highest BCUT2D eigenvalue weighted by Gasteiger charge is 2.22. The van der Waals surface area contributed by atoms with Crippen LogP contribution in [0, 0.1) is 6.58 Å². The van der Waals surface area contributed by atoms with Gasteiger partial charge in [0, 0.05) is 18.9 Å². The Morgan fingerprint density at radius 3 is 2.50 bits per heavy atom. The summed E-state index contributed by atoms with van der Waals surface area (Å²) in [5.74, 6) is 0. The molecular formula is C8H9N2. The molecule has 0 N–H and O–H groups in total. The quantitative estimate of drug-likeness (QED) is 0.520. The normalized spacial score (nSPS) is 19.2. The van der Waals surface area contributed by atoms with Crippen LogP contribution in [0.2, 0.25) is 0 Å². The van der Waals surface area contributed by atoms with E-state index in [-0.39, 0.29) is 0 Å². The second-order valence-electron chi connectivity index (χ2n) is 2.08. The summed E-state index contributed by atoms with van der Waals surface area (Å²) in [6, 6.07) is 0. The third-order valence-corrected chi connectivity index (χ3v) is 1.41. The fourth-order valence-electron chi connectivity index (χ4n) is 0.826. The molecule has 0 aromatic heterocycles. The van der Waals surface area contributed by atoms with Crippen LogP contribution in [0.15, 0.2) is 28.7 Å². The van der Waals surface area contributed by atoms with Crippen LogP contribution < -0.4 is 0 Å². The molecule has 51 valence electrons. The van der Waals surface area contributed by atoms with E-state index in [1.165, 1.54) is 0 Å². The summed E-state index contributed by atoms with van der Waals surface area (Å²) in [6.45, 7) is 8.88. The van der Waals surface area contributed by atoms with Gasteiger partial charge in [0.15, 0.2) is 5.66 Å². The van der Waals surface area contributed by atoms with Crippen LogP contribution in [0.5, 0.6) is 0 Å². The summed E-state index contributed by atoms with van der Waals surface area (Å²) in [5, 5.41) is 0. The van der Waals surface area contributed by atoms with Gasteiger partial charge in [0.1, 0.15) is 0 Å². The molecule has 10 heavy (non-hydrogen) atoms. The van der Waals surface area contributed by atoms with Crippen molar-refractivity contribution >= 4 is 12.4 Å². The second-order valence-corrected chi connectivity index (χ2v) is 2.08. The molecule has 0 fully saturated rings.